The van der Waals surface area contributed by atoms with Crippen LogP contribution in [0.25, 0.3) is 17.2 Å². The highest BCUT2D eigenvalue weighted by molar-refractivity contribution is 5.94. The topological polar surface area (TPSA) is 81.4 Å². The molecule has 7 heteroatoms. The Hall–Kier alpha value is -2.80. The molecule has 1 amide bonds. The van der Waals surface area contributed by atoms with Gasteiger partial charge in [-0.05, 0) is 45.0 Å². The number of ether oxygens (including phenoxy) is 1. The first-order valence-corrected chi connectivity index (χ1v) is 8.91. The minimum absolute atomic E-state index is 0.0775. The quantitative estimate of drug-likeness (QED) is 0.901. The van der Waals surface area contributed by atoms with Crippen LogP contribution in [0.5, 0.6) is 0 Å². The van der Waals surface area contributed by atoms with Crippen molar-refractivity contribution in [2.24, 2.45) is 10.9 Å². The van der Waals surface area contributed by atoms with E-state index in [9.17, 15) is 4.79 Å². The smallest absolute Gasteiger partial charge is 0.272 e. The first kappa shape index (κ1) is 19.0. The molecular formula is C20H25N5O2. The Labute approximate surface area is 159 Å². The first-order chi connectivity index (χ1) is 12.8. The SMILES string of the molecule is COC1C=NC(n2nc(C(=O)NC(C)(C)C)cc2-c2ccccn2)=CC1C. The van der Waals surface area contributed by atoms with Crippen molar-refractivity contribution in [3.63, 3.8) is 0 Å². The highest BCUT2D eigenvalue weighted by Crippen LogP contribution is 2.26. The van der Waals surface area contributed by atoms with Gasteiger partial charge in [-0.15, -0.1) is 0 Å². The van der Waals surface area contributed by atoms with Crippen LogP contribution >= 0.6 is 0 Å². The molecule has 142 valence electrons. The number of hydrogen-bond acceptors (Lipinski definition) is 5. The molecule has 7 nitrogen and oxygen atoms in total. The molecule has 2 aromatic heterocycles. The average Bonchev–Trinajstić information content (AvgIpc) is 3.06. The number of rotatable bonds is 4. The Balaban J connectivity index is 2.04. The molecule has 0 aromatic carbocycles. The zero-order chi connectivity index (χ0) is 19.6. The van der Waals surface area contributed by atoms with E-state index in [4.69, 9.17) is 4.74 Å². The average molecular weight is 367 g/mol. The molecule has 1 N–H and O–H groups in total. The van der Waals surface area contributed by atoms with Gasteiger partial charge in [-0.2, -0.15) is 5.10 Å². The lowest BCUT2D eigenvalue weighted by atomic mass is 10.0. The van der Waals surface area contributed by atoms with Gasteiger partial charge >= 0.3 is 0 Å². The number of pyridine rings is 1. The van der Waals surface area contributed by atoms with E-state index in [1.165, 1.54) is 0 Å². The van der Waals surface area contributed by atoms with Gasteiger partial charge in [0.15, 0.2) is 5.69 Å². The van der Waals surface area contributed by atoms with Crippen molar-refractivity contribution in [2.45, 2.75) is 39.3 Å². The molecule has 0 radical (unpaired) electrons. The summed E-state index contributed by atoms with van der Waals surface area (Å²) in [4.78, 5) is 21.5. The third kappa shape index (κ3) is 4.31. The van der Waals surface area contributed by atoms with Crippen LogP contribution in [-0.2, 0) is 4.74 Å². The van der Waals surface area contributed by atoms with E-state index in [-0.39, 0.29) is 23.5 Å². The molecule has 1 aliphatic rings. The molecule has 3 heterocycles. The van der Waals surface area contributed by atoms with Crippen molar-refractivity contribution in [2.75, 3.05) is 7.11 Å². The lowest BCUT2D eigenvalue weighted by Gasteiger charge is -2.21. The predicted molar refractivity (Wildman–Crippen MR) is 105 cm³/mol. The highest BCUT2D eigenvalue weighted by Gasteiger charge is 2.24. The summed E-state index contributed by atoms with van der Waals surface area (Å²) in [5.74, 6) is 0.544. The van der Waals surface area contributed by atoms with Crippen LogP contribution in [0.1, 0.15) is 38.2 Å². The Morgan fingerprint density at radius 2 is 2.07 bits per heavy atom. The molecular weight excluding hydrogens is 342 g/mol. The van der Waals surface area contributed by atoms with Crippen molar-refractivity contribution < 1.29 is 9.53 Å². The summed E-state index contributed by atoms with van der Waals surface area (Å²) in [5.41, 5.74) is 1.40. The van der Waals surface area contributed by atoms with E-state index < -0.39 is 0 Å². The van der Waals surface area contributed by atoms with Gasteiger partial charge in [0.05, 0.1) is 17.5 Å². The van der Waals surface area contributed by atoms with Crippen molar-refractivity contribution in [1.29, 1.82) is 0 Å². The fourth-order valence-corrected chi connectivity index (χ4v) is 2.83. The van der Waals surface area contributed by atoms with Crippen molar-refractivity contribution >= 4 is 17.9 Å². The van der Waals surface area contributed by atoms with Gasteiger partial charge in [0, 0.05) is 31.0 Å². The fourth-order valence-electron chi connectivity index (χ4n) is 2.83. The molecule has 0 bridgehead atoms. The van der Waals surface area contributed by atoms with E-state index in [2.05, 4.69) is 27.3 Å². The van der Waals surface area contributed by atoms with Crippen molar-refractivity contribution in [1.82, 2.24) is 20.1 Å². The second-order valence-corrected chi connectivity index (χ2v) is 7.61. The van der Waals surface area contributed by atoms with Crippen molar-refractivity contribution in [3.05, 3.63) is 42.2 Å². The van der Waals surface area contributed by atoms with Gasteiger partial charge in [0.1, 0.15) is 5.82 Å². The summed E-state index contributed by atoms with van der Waals surface area (Å²) in [6.45, 7) is 7.85. The van der Waals surface area contributed by atoms with Gasteiger partial charge < -0.3 is 10.1 Å². The second-order valence-electron chi connectivity index (χ2n) is 7.61. The predicted octanol–water partition coefficient (Wildman–Crippen LogP) is 3.01. The summed E-state index contributed by atoms with van der Waals surface area (Å²) >= 11 is 0. The molecule has 2 aromatic rings. The number of hydrogen-bond donors (Lipinski definition) is 1. The molecule has 2 unspecified atom stereocenters. The van der Waals surface area contributed by atoms with Crippen LogP contribution in [0.15, 0.2) is 41.5 Å². The van der Waals surface area contributed by atoms with E-state index in [0.29, 0.717) is 17.2 Å². The van der Waals surface area contributed by atoms with Crippen LogP contribution in [0, 0.1) is 5.92 Å². The van der Waals surface area contributed by atoms with Crippen LogP contribution in [0.4, 0.5) is 0 Å². The standard InChI is InChI=1S/C20H25N5O2/c1-13-10-18(22-12-17(13)27-5)25-16(14-8-6-7-9-21-14)11-15(24-25)19(26)23-20(2,3)4/h6-13,17H,1-5H3,(H,23,26). The van der Waals surface area contributed by atoms with Gasteiger partial charge in [0.2, 0.25) is 0 Å². The Morgan fingerprint density at radius 1 is 1.30 bits per heavy atom. The van der Waals surface area contributed by atoms with E-state index >= 15 is 0 Å². The number of carbonyl (C=O) groups is 1. The number of nitrogens with zero attached hydrogens (tertiary/aromatic N) is 4. The number of aliphatic imine (C=N–C) groups is 1. The number of amides is 1. The first-order valence-electron chi connectivity index (χ1n) is 8.91. The van der Waals surface area contributed by atoms with E-state index in [0.717, 1.165) is 5.69 Å². The van der Waals surface area contributed by atoms with Gasteiger partial charge in [0.25, 0.3) is 5.91 Å². The summed E-state index contributed by atoms with van der Waals surface area (Å²) in [7, 11) is 1.66. The molecule has 27 heavy (non-hydrogen) atoms. The van der Waals surface area contributed by atoms with Crippen LogP contribution < -0.4 is 5.32 Å². The summed E-state index contributed by atoms with van der Waals surface area (Å²) in [6.07, 6.45) is 5.38. The third-order valence-corrected chi connectivity index (χ3v) is 4.13. The Bertz CT molecular complexity index is 878. The van der Waals surface area contributed by atoms with Crippen molar-refractivity contribution in [3.8, 4) is 11.4 Å². The zero-order valence-corrected chi connectivity index (χ0v) is 16.3. The molecule has 1 aliphatic heterocycles. The number of methoxy groups -OCH3 is 1. The molecule has 0 saturated heterocycles. The lowest BCUT2D eigenvalue weighted by Crippen LogP contribution is -2.40. The summed E-state index contributed by atoms with van der Waals surface area (Å²) in [5, 5.41) is 7.46. The lowest BCUT2D eigenvalue weighted by molar-refractivity contribution is 0.0914. The second kappa shape index (κ2) is 7.44. The van der Waals surface area contributed by atoms with Crippen LogP contribution in [0.2, 0.25) is 0 Å². The molecule has 0 saturated carbocycles. The summed E-state index contributed by atoms with van der Waals surface area (Å²) in [6, 6.07) is 7.37. The molecule has 0 spiro atoms. The molecule has 0 fully saturated rings. The maximum atomic E-state index is 12.6. The minimum atomic E-state index is -0.353. The maximum absolute atomic E-state index is 12.6. The number of nitrogens with one attached hydrogen (secondary N) is 1. The van der Waals surface area contributed by atoms with E-state index in [1.807, 2.05) is 45.0 Å². The zero-order valence-electron chi connectivity index (χ0n) is 16.3. The highest BCUT2D eigenvalue weighted by atomic mass is 16.5. The van der Waals surface area contributed by atoms with Crippen LogP contribution in [0.3, 0.4) is 0 Å². The normalized spacial score (nSPS) is 19.7. The van der Waals surface area contributed by atoms with Gasteiger partial charge in [-0.25, -0.2) is 9.67 Å². The fraction of sp³-hybridized carbons (Fsp3) is 0.400. The molecule has 0 aliphatic carbocycles. The number of carbonyl (C=O) groups excluding carboxylic acids is 1. The monoisotopic (exact) mass is 367 g/mol. The third-order valence-electron chi connectivity index (χ3n) is 4.13. The minimum Gasteiger partial charge on any atom is -0.375 e. The maximum Gasteiger partial charge on any atom is 0.272 e. The van der Waals surface area contributed by atoms with E-state index in [1.54, 1.807) is 30.3 Å². The Kier molecular flexibility index (Phi) is 5.23. The van der Waals surface area contributed by atoms with Crippen LogP contribution in [-0.4, -0.2) is 45.6 Å². The largest absolute Gasteiger partial charge is 0.375 e. The molecule has 3 rings (SSSR count). The molecule has 2 atom stereocenters. The van der Waals surface area contributed by atoms with Gasteiger partial charge in [-0.1, -0.05) is 13.0 Å². The van der Waals surface area contributed by atoms with Gasteiger partial charge in [-0.3, -0.25) is 9.78 Å². The number of aromatic nitrogens is 3. The summed E-state index contributed by atoms with van der Waals surface area (Å²) < 4.78 is 7.07. The Morgan fingerprint density at radius 3 is 2.67 bits per heavy atom.